The molecule has 29 heavy (non-hydrogen) atoms. The van der Waals surface area contributed by atoms with Gasteiger partial charge in [-0.25, -0.2) is 4.79 Å². The molecule has 0 aliphatic carbocycles. The van der Waals surface area contributed by atoms with Gasteiger partial charge >= 0.3 is 11.6 Å². The van der Waals surface area contributed by atoms with Crippen molar-refractivity contribution in [2.24, 2.45) is 0 Å². The van der Waals surface area contributed by atoms with Crippen molar-refractivity contribution in [3.63, 3.8) is 0 Å². The fourth-order valence-electron chi connectivity index (χ4n) is 3.73. The Morgan fingerprint density at radius 1 is 1.00 bits per heavy atom. The number of benzene rings is 2. The van der Waals surface area contributed by atoms with Crippen LogP contribution in [0.4, 0.5) is 0 Å². The highest BCUT2D eigenvalue weighted by Gasteiger charge is 2.35. The van der Waals surface area contributed by atoms with Crippen molar-refractivity contribution in [3.05, 3.63) is 80.5 Å². The van der Waals surface area contributed by atoms with Gasteiger partial charge in [0.2, 0.25) is 0 Å². The molecule has 0 spiro atoms. The molecule has 0 amide bonds. The summed E-state index contributed by atoms with van der Waals surface area (Å²) in [5, 5.41) is 0.791. The van der Waals surface area contributed by atoms with Crippen LogP contribution in [0.5, 0.6) is 11.5 Å². The monoisotopic (exact) mass is 390 g/mol. The van der Waals surface area contributed by atoms with Gasteiger partial charge in [0.1, 0.15) is 16.9 Å². The molecule has 0 saturated carbocycles. The number of carbonyl (C=O) groups is 1. The predicted molar refractivity (Wildman–Crippen MR) is 104 cm³/mol. The van der Waals surface area contributed by atoms with E-state index in [4.69, 9.17) is 18.3 Å². The summed E-state index contributed by atoms with van der Waals surface area (Å²) in [6.07, 6.45) is 1.12. The number of rotatable bonds is 2. The standard InChI is InChI=1S/C22H14O7/c1-26-11-6-7-16-14(8-11)20(24)15(10-27-16)13-9-18(23)29-21-12-4-2-3-5-17(12)28-22(25)19(13)21/h2-8,10,13H,9H2,1H3/t13-/m0/s1. The molecule has 7 nitrogen and oxygen atoms in total. The lowest BCUT2D eigenvalue weighted by Gasteiger charge is -2.23. The number of esters is 1. The van der Waals surface area contributed by atoms with Gasteiger partial charge in [-0.3, -0.25) is 9.59 Å². The third-order valence-corrected chi connectivity index (χ3v) is 5.12. The maximum absolute atomic E-state index is 13.2. The zero-order chi connectivity index (χ0) is 20.1. The van der Waals surface area contributed by atoms with Gasteiger partial charge in [0.15, 0.2) is 11.2 Å². The van der Waals surface area contributed by atoms with E-state index in [1.807, 2.05) is 0 Å². The van der Waals surface area contributed by atoms with Crippen molar-refractivity contribution < 1.29 is 23.1 Å². The van der Waals surface area contributed by atoms with Crippen LogP contribution in [0.3, 0.4) is 0 Å². The van der Waals surface area contributed by atoms with Crippen molar-refractivity contribution in [1.82, 2.24) is 0 Å². The summed E-state index contributed by atoms with van der Waals surface area (Å²) in [6, 6.07) is 11.6. The van der Waals surface area contributed by atoms with Crippen molar-refractivity contribution in [2.75, 3.05) is 7.11 Å². The molecule has 0 saturated heterocycles. The Hall–Kier alpha value is -3.87. The van der Waals surface area contributed by atoms with Crippen molar-refractivity contribution in [3.8, 4) is 11.5 Å². The average Bonchev–Trinajstić information content (AvgIpc) is 2.73. The van der Waals surface area contributed by atoms with Crippen molar-refractivity contribution >= 4 is 27.9 Å². The molecule has 5 rings (SSSR count). The topological polar surface area (TPSA) is 96.0 Å². The number of fused-ring (bicyclic) bond motifs is 4. The minimum atomic E-state index is -0.834. The molecule has 2 aromatic carbocycles. The highest BCUT2D eigenvalue weighted by molar-refractivity contribution is 5.90. The molecule has 0 unspecified atom stereocenters. The van der Waals surface area contributed by atoms with Gasteiger partial charge in [-0.15, -0.1) is 0 Å². The molecule has 0 bridgehead atoms. The van der Waals surface area contributed by atoms with Crippen molar-refractivity contribution in [2.45, 2.75) is 12.3 Å². The lowest BCUT2D eigenvalue weighted by Crippen LogP contribution is -2.29. The van der Waals surface area contributed by atoms with E-state index in [1.54, 1.807) is 42.5 Å². The van der Waals surface area contributed by atoms with Crippen LogP contribution in [0.25, 0.3) is 21.9 Å². The van der Waals surface area contributed by atoms with E-state index in [1.165, 1.54) is 13.4 Å². The molecule has 0 N–H and O–H groups in total. The van der Waals surface area contributed by atoms with E-state index in [0.29, 0.717) is 27.7 Å². The Kier molecular flexibility index (Phi) is 3.77. The van der Waals surface area contributed by atoms with Crippen LogP contribution in [0.15, 0.2) is 67.2 Å². The Morgan fingerprint density at radius 3 is 2.66 bits per heavy atom. The summed E-state index contributed by atoms with van der Waals surface area (Å²) in [5.41, 5.74) is 0.0115. The van der Waals surface area contributed by atoms with Gasteiger partial charge in [0.05, 0.1) is 36.1 Å². The van der Waals surface area contributed by atoms with E-state index in [0.717, 1.165) is 0 Å². The van der Waals surface area contributed by atoms with E-state index in [-0.39, 0.29) is 28.7 Å². The summed E-state index contributed by atoms with van der Waals surface area (Å²) < 4.78 is 21.6. The first-order chi connectivity index (χ1) is 14.1. The average molecular weight is 390 g/mol. The van der Waals surface area contributed by atoms with Crippen LogP contribution in [-0.2, 0) is 4.79 Å². The third-order valence-electron chi connectivity index (χ3n) is 5.12. The normalized spacial score (nSPS) is 15.9. The molecule has 0 radical (unpaired) electrons. The zero-order valence-electron chi connectivity index (χ0n) is 15.3. The Bertz CT molecular complexity index is 1410. The zero-order valence-corrected chi connectivity index (χ0v) is 15.3. The molecule has 1 aliphatic heterocycles. The quantitative estimate of drug-likeness (QED) is 0.382. The van der Waals surface area contributed by atoms with E-state index in [2.05, 4.69) is 0 Å². The first kappa shape index (κ1) is 17.2. The van der Waals surface area contributed by atoms with Crippen LogP contribution in [-0.4, -0.2) is 13.1 Å². The van der Waals surface area contributed by atoms with Gasteiger partial charge in [-0.2, -0.15) is 0 Å². The summed E-state index contributed by atoms with van der Waals surface area (Å²) >= 11 is 0. The molecule has 0 fully saturated rings. The Labute approximate surface area is 163 Å². The molecule has 4 aromatic rings. The third kappa shape index (κ3) is 2.62. The maximum Gasteiger partial charge on any atom is 0.343 e. The maximum atomic E-state index is 13.2. The number of ether oxygens (including phenoxy) is 2. The smallest absolute Gasteiger partial charge is 0.343 e. The van der Waals surface area contributed by atoms with Gasteiger partial charge in [-0.05, 0) is 30.3 Å². The molecule has 144 valence electrons. The van der Waals surface area contributed by atoms with Crippen LogP contribution >= 0.6 is 0 Å². The molecule has 3 heterocycles. The van der Waals surface area contributed by atoms with Gasteiger partial charge < -0.3 is 18.3 Å². The van der Waals surface area contributed by atoms with E-state index in [9.17, 15) is 14.4 Å². The summed E-state index contributed by atoms with van der Waals surface area (Å²) in [4.78, 5) is 38.3. The number of methoxy groups -OCH3 is 1. The highest BCUT2D eigenvalue weighted by Crippen LogP contribution is 2.40. The number of hydrogen-bond donors (Lipinski definition) is 0. The first-order valence-corrected chi connectivity index (χ1v) is 8.92. The molecule has 2 aromatic heterocycles. The second-order valence-electron chi connectivity index (χ2n) is 6.74. The number of para-hydroxylation sites is 1. The molecule has 7 heteroatoms. The van der Waals surface area contributed by atoms with Crippen LogP contribution < -0.4 is 20.5 Å². The Balaban J connectivity index is 1.80. The lowest BCUT2D eigenvalue weighted by atomic mass is 9.87. The summed E-state index contributed by atoms with van der Waals surface area (Å²) in [5.74, 6) is -0.749. The fraction of sp³-hybridized carbons (Fsp3) is 0.136. The molecule has 1 aliphatic rings. The van der Waals surface area contributed by atoms with Crippen LogP contribution in [0, 0.1) is 0 Å². The van der Waals surface area contributed by atoms with Crippen molar-refractivity contribution in [1.29, 1.82) is 0 Å². The predicted octanol–water partition coefficient (Wildman–Crippen LogP) is 3.35. The largest absolute Gasteiger partial charge is 0.497 e. The highest BCUT2D eigenvalue weighted by atomic mass is 16.5. The second kappa shape index (κ2) is 6.34. The second-order valence-corrected chi connectivity index (χ2v) is 6.74. The Morgan fingerprint density at radius 2 is 1.83 bits per heavy atom. The fourth-order valence-corrected chi connectivity index (χ4v) is 3.73. The number of carbonyl (C=O) groups excluding carboxylic acids is 1. The molecule has 1 atom stereocenters. The van der Waals surface area contributed by atoms with Crippen LogP contribution in [0.1, 0.15) is 23.5 Å². The first-order valence-electron chi connectivity index (χ1n) is 8.92. The lowest BCUT2D eigenvalue weighted by molar-refractivity contribution is -0.135. The molecular weight excluding hydrogens is 376 g/mol. The number of hydrogen-bond acceptors (Lipinski definition) is 7. The van der Waals surface area contributed by atoms with Crippen LogP contribution in [0.2, 0.25) is 0 Å². The van der Waals surface area contributed by atoms with Gasteiger partial charge in [-0.1, -0.05) is 12.1 Å². The van der Waals surface area contributed by atoms with Gasteiger partial charge in [0, 0.05) is 11.5 Å². The summed E-state index contributed by atoms with van der Waals surface area (Å²) in [6.45, 7) is 0. The van der Waals surface area contributed by atoms with Gasteiger partial charge in [0.25, 0.3) is 0 Å². The molecular formula is C22H14O7. The minimum absolute atomic E-state index is 0.128. The minimum Gasteiger partial charge on any atom is -0.497 e. The summed E-state index contributed by atoms with van der Waals surface area (Å²) in [7, 11) is 1.50. The van der Waals surface area contributed by atoms with E-state index >= 15 is 0 Å². The SMILES string of the molecule is COc1ccc2occ([C@@H]3CC(=O)Oc4c3c(=O)oc3ccccc43)c(=O)c2c1. The van der Waals surface area contributed by atoms with E-state index < -0.39 is 17.5 Å².